The summed E-state index contributed by atoms with van der Waals surface area (Å²) in [4.78, 5) is 24.5. The van der Waals surface area contributed by atoms with Crippen molar-refractivity contribution in [1.82, 2.24) is 4.90 Å². The van der Waals surface area contributed by atoms with E-state index >= 15 is 0 Å². The Labute approximate surface area is 118 Å². The van der Waals surface area contributed by atoms with Crippen molar-refractivity contribution in [1.29, 1.82) is 0 Å². The summed E-state index contributed by atoms with van der Waals surface area (Å²) in [5.74, 6) is -1.20. The molecule has 2 rings (SSSR count). The van der Waals surface area contributed by atoms with Gasteiger partial charge in [-0.25, -0.2) is 0 Å². The van der Waals surface area contributed by atoms with Crippen molar-refractivity contribution in [2.45, 2.75) is 32.2 Å². The van der Waals surface area contributed by atoms with Crippen molar-refractivity contribution >= 4 is 17.6 Å². The van der Waals surface area contributed by atoms with Crippen LogP contribution in [0.25, 0.3) is 0 Å². The van der Waals surface area contributed by atoms with E-state index in [4.69, 9.17) is 5.11 Å². The third kappa shape index (κ3) is 4.35. The molecule has 1 aliphatic rings. The smallest absolute Gasteiger partial charge is 0.303 e. The lowest BCUT2D eigenvalue weighted by Crippen LogP contribution is -2.20. The summed E-state index contributed by atoms with van der Waals surface area (Å²) in [5, 5.41) is 11.4. The predicted octanol–water partition coefficient (Wildman–Crippen LogP) is 2.09. The summed E-state index contributed by atoms with van der Waals surface area (Å²) in [7, 11) is 0. The zero-order valence-corrected chi connectivity index (χ0v) is 11.5. The van der Waals surface area contributed by atoms with Gasteiger partial charge in [-0.2, -0.15) is 0 Å². The molecule has 5 heteroatoms. The van der Waals surface area contributed by atoms with Gasteiger partial charge in [0.1, 0.15) is 0 Å². The Bertz CT molecular complexity index is 482. The number of likely N-dealkylation sites (tertiary alicyclic amines) is 1. The van der Waals surface area contributed by atoms with Crippen LogP contribution < -0.4 is 5.32 Å². The van der Waals surface area contributed by atoms with E-state index in [0.29, 0.717) is 0 Å². The van der Waals surface area contributed by atoms with Crippen LogP contribution in [0.3, 0.4) is 0 Å². The summed E-state index contributed by atoms with van der Waals surface area (Å²) in [6, 6.07) is 7.70. The van der Waals surface area contributed by atoms with E-state index in [1.54, 1.807) is 0 Å². The van der Waals surface area contributed by atoms with Gasteiger partial charge in [0.15, 0.2) is 0 Å². The molecule has 0 saturated carbocycles. The van der Waals surface area contributed by atoms with Crippen LogP contribution in [0.5, 0.6) is 0 Å². The van der Waals surface area contributed by atoms with Crippen molar-refractivity contribution < 1.29 is 14.7 Å². The van der Waals surface area contributed by atoms with Gasteiger partial charge in [-0.15, -0.1) is 0 Å². The van der Waals surface area contributed by atoms with Gasteiger partial charge < -0.3 is 10.4 Å². The number of amides is 1. The second kappa shape index (κ2) is 7.05. The number of rotatable bonds is 6. The van der Waals surface area contributed by atoms with Crippen molar-refractivity contribution in [3.8, 4) is 0 Å². The maximum Gasteiger partial charge on any atom is 0.303 e. The van der Waals surface area contributed by atoms with Crippen molar-refractivity contribution in [2.24, 2.45) is 0 Å². The summed E-state index contributed by atoms with van der Waals surface area (Å²) in [5.41, 5.74) is 1.87. The minimum Gasteiger partial charge on any atom is -0.481 e. The molecule has 1 heterocycles. The van der Waals surface area contributed by atoms with E-state index in [1.807, 2.05) is 24.3 Å². The molecule has 1 aromatic carbocycles. The average molecular weight is 276 g/mol. The first-order valence-corrected chi connectivity index (χ1v) is 6.97. The molecule has 0 spiro atoms. The molecule has 0 radical (unpaired) electrons. The molecule has 0 atom stereocenters. The number of carbonyl (C=O) groups excluding carboxylic acids is 1. The number of hydrogen-bond donors (Lipinski definition) is 2. The monoisotopic (exact) mass is 276 g/mol. The summed E-state index contributed by atoms with van der Waals surface area (Å²) >= 11 is 0. The highest BCUT2D eigenvalue weighted by Crippen LogP contribution is 2.20. The van der Waals surface area contributed by atoms with E-state index in [0.717, 1.165) is 30.9 Å². The van der Waals surface area contributed by atoms with E-state index in [2.05, 4.69) is 10.2 Å². The lowest BCUT2D eigenvalue weighted by atomic mass is 10.1. The van der Waals surface area contributed by atoms with Crippen LogP contribution in [0.4, 0.5) is 5.69 Å². The SMILES string of the molecule is O=C(O)CCC(=O)Nc1ccccc1CN1CCCC1. The van der Waals surface area contributed by atoms with Crippen LogP contribution >= 0.6 is 0 Å². The lowest BCUT2D eigenvalue weighted by Gasteiger charge is -2.17. The highest BCUT2D eigenvalue weighted by atomic mass is 16.4. The zero-order chi connectivity index (χ0) is 14.4. The third-order valence-corrected chi connectivity index (χ3v) is 3.45. The van der Waals surface area contributed by atoms with Gasteiger partial charge in [0.05, 0.1) is 6.42 Å². The topological polar surface area (TPSA) is 69.6 Å². The zero-order valence-electron chi connectivity index (χ0n) is 11.5. The molecular formula is C15H20N2O3. The molecule has 0 unspecified atom stereocenters. The molecule has 2 N–H and O–H groups in total. The number of carboxylic acids is 1. The standard InChI is InChI=1S/C15H20N2O3/c18-14(7-8-15(19)20)16-13-6-2-1-5-12(13)11-17-9-3-4-10-17/h1-2,5-6H,3-4,7-11H2,(H,16,18)(H,19,20). The first-order chi connectivity index (χ1) is 9.65. The average Bonchev–Trinajstić information content (AvgIpc) is 2.92. The van der Waals surface area contributed by atoms with E-state index < -0.39 is 5.97 Å². The maximum absolute atomic E-state index is 11.7. The van der Waals surface area contributed by atoms with Crippen molar-refractivity contribution in [2.75, 3.05) is 18.4 Å². The number of para-hydroxylation sites is 1. The molecule has 1 aromatic rings. The molecular weight excluding hydrogens is 256 g/mol. The molecule has 5 nitrogen and oxygen atoms in total. The number of nitrogens with one attached hydrogen (secondary N) is 1. The molecule has 0 bridgehead atoms. The van der Waals surface area contributed by atoms with Crippen molar-refractivity contribution in [3.63, 3.8) is 0 Å². The molecule has 108 valence electrons. The minimum atomic E-state index is -0.953. The second-order valence-electron chi connectivity index (χ2n) is 5.08. The largest absolute Gasteiger partial charge is 0.481 e. The Morgan fingerprint density at radius 1 is 1.15 bits per heavy atom. The van der Waals surface area contributed by atoms with Gasteiger partial charge in [-0.05, 0) is 37.6 Å². The van der Waals surface area contributed by atoms with Gasteiger partial charge in [0.25, 0.3) is 0 Å². The highest BCUT2D eigenvalue weighted by molar-refractivity contribution is 5.93. The van der Waals surface area contributed by atoms with Crippen LogP contribution in [-0.4, -0.2) is 35.0 Å². The van der Waals surface area contributed by atoms with Gasteiger partial charge in [-0.1, -0.05) is 18.2 Å². The Morgan fingerprint density at radius 2 is 1.85 bits per heavy atom. The summed E-state index contributed by atoms with van der Waals surface area (Å²) in [6.07, 6.45) is 2.33. The number of carbonyl (C=O) groups is 2. The Balaban J connectivity index is 1.96. The maximum atomic E-state index is 11.7. The number of carboxylic acid groups (broad SMARTS) is 1. The lowest BCUT2D eigenvalue weighted by molar-refractivity contribution is -0.138. The second-order valence-corrected chi connectivity index (χ2v) is 5.08. The number of aliphatic carboxylic acids is 1. The molecule has 1 amide bonds. The van der Waals surface area contributed by atoms with Gasteiger partial charge >= 0.3 is 5.97 Å². The first kappa shape index (κ1) is 14.5. The minimum absolute atomic E-state index is 0.00732. The number of nitrogens with zero attached hydrogens (tertiary/aromatic N) is 1. The number of hydrogen-bond acceptors (Lipinski definition) is 3. The van der Waals surface area contributed by atoms with E-state index in [1.165, 1.54) is 12.8 Å². The predicted molar refractivity (Wildman–Crippen MR) is 76.5 cm³/mol. The Hall–Kier alpha value is -1.88. The number of benzene rings is 1. The molecule has 0 aromatic heterocycles. The molecule has 1 fully saturated rings. The van der Waals surface area contributed by atoms with E-state index in [-0.39, 0.29) is 18.7 Å². The fourth-order valence-electron chi connectivity index (χ4n) is 2.39. The molecule has 0 aliphatic carbocycles. The van der Waals surface area contributed by atoms with Gasteiger partial charge in [0, 0.05) is 18.7 Å². The Kier molecular flexibility index (Phi) is 5.12. The quantitative estimate of drug-likeness (QED) is 0.834. The third-order valence-electron chi connectivity index (χ3n) is 3.45. The van der Waals surface area contributed by atoms with Crippen LogP contribution in [0.1, 0.15) is 31.2 Å². The van der Waals surface area contributed by atoms with Crippen LogP contribution in [0, 0.1) is 0 Å². The van der Waals surface area contributed by atoms with Crippen molar-refractivity contribution in [3.05, 3.63) is 29.8 Å². The molecule has 1 saturated heterocycles. The Morgan fingerprint density at radius 3 is 2.55 bits per heavy atom. The van der Waals surface area contributed by atoms with Gasteiger partial charge in [-0.3, -0.25) is 14.5 Å². The molecule has 1 aliphatic heterocycles. The fraction of sp³-hybridized carbons (Fsp3) is 0.467. The number of anilines is 1. The normalized spacial score (nSPS) is 15.2. The van der Waals surface area contributed by atoms with Crippen LogP contribution in [-0.2, 0) is 16.1 Å². The van der Waals surface area contributed by atoms with E-state index in [9.17, 15) is 9.59 Å². The summed E-state index contributed by atoms with van der Waals surface area (Å²) < 4.78 is 0. The first-order valence-electron chi connectivity index (χ1n) is 6.97. The summed E-state index contributed by atoms with van der Waals surface area (Å²) in [6.45, 7) is 3.03. The highest BCUT2D eigenvalue weighted by Gasteiger charge is 2.14. The van der Waals surface area contributed by atoms with Gasteiger partial charge in [0.2, 0.25) is 5.91 Å². The molecule has 20 heavy (non-hydrogen) atoms. The van der Waals surface area contributed by atoms with Crippen LogP contribution in [0.15, 0.2) is 24.3 Å². The fourth-order valence-corrected chi connectivity index (χ4v) is 2.39. The van der Waals surface area contributed by atoms with Crippen LogP contribution in [0.2, 0.25) is 0 Å².